The van der Waals surface area contributed by atoms with E-state index < -0.39 is 24.0 Å². The Hall–Kier alpha value is -3.75. The molecule has 0 aliphatic carbocycles. The third kappa shape index (κ3) is 3.86. The van der Waals surface area contributed by atoms with Gasteiger partial charge in [0.05, 0.1) is 32.7 Å². The molecule has 0 atom stereocenters. The van der Waals surface area contributed by atoms with E-state index in [1.807, 2.05) is 0 Å². The summed E-state index contributed by atoms with van der Waals surface area (Å²) in [6.07, 6.45) is 0. The van der Waals surface area contributed by atoms with E-state index in [1.54, 1.807) is 38.1 Å². The highest BCUT2D eigenvalue weighted by Crippen LogP contribution is 2.40. The molecule has 0 bridgehead atoms. The number of hydrogen-bond acceptors (Lipinski definition) is 7. The number of rotatable bonds is 6. The standard InChI is InChI=1S/C22H24N2O7/c1-22(2)21(27)23-14-8-6-7-9-15(14)24(22)17(25)12-31-20(26)13-10-11-16(28-3)19(30-5)18(13)29-4/h6-11H,12H2,1-5H3,(H,23,27). The predicted octanol–water partition coefficient (Wildman–Crippen LogP) is 2.63. The minimum atomic E-state index is -1.17. The Morgan fingerprint density at radius 2 is 1.65 bits per heavy atom. The van der Waals surface area contributed by atoms with Crippen LogP contribution in [-0.4, -0.2) is 51.3 Å². The lowest BCUT2D eigenvalue weighted by Gasteiger charge is -2.41. The lowest BCUT2D eigenvalue weighted by Crippen LogP contribution is -2.59. The van der Waals surface area contributed by atoms with Crippen molar-refractivity contribution in [3.05, 3.63) is 42.0 Å². The zero-order valence-electron chi connectivity index (χ0n) is 18.0. The highest BCUT2D eigenvalue weighted by Gasteiger charge is 2.43. The van der Waals surface area contributed by atoms with Crippen LogP contribution in [0.1, 0.15) is 24.2 Å². The molecule has 164 valence electrons. The first-order valence-electron chi connectivity index (χ1n) is 9.45. The monoisotopic (exact) mass is 428 g/mol. The topological polar surface area (TPSA) is 103 Å². The molecule has 9 nitrogen and oxygen atoms in total. The van der Waals surface area contributed by atoms with Crippen LogP contribution < -0.4 is 24.4 Å². The maximum Gasteiger partial charge on any atom is 0.342 e. The number of anilines is 2. The first-order chi connectivity index (χ1) is 14.8. The molecule has 1 aliphatic heterocycles. The van der Waals surface area contributed by atoms with Crippen molar-refractivity contribution in [2.75, 3.05) is 38.2 Å². The molecule has 2 aromatic carbocycles. The normalized spacial score (nSPS) is 14.2. The van der Waals surface area contributed by atoms with Crippen LogP contribution in [0.2, 0.25) is 0 Å². The Balaban J connectivity index is 1.84. The van der Waals surface area contributed by atoms with Gasteiger partial charge in [-0.25, -0.2) is 4.79 Å². The average Bonchev–Trinajstić information content (AvgIpc) is 2.76. The number of benzene rings is 2. The van der Waals surface area contributed by atoms with E-state index in [0.717, 1.165) is 0 Å². The summed E-state index contributed by atoms with van der Waals surface area (Å²) in [6.45, 7) is 2.67. The largest absolute Gasteiger partial charge is 0.493 e. The molecule has 9 heteroatoms. The maximum atomic E-state index is 13.0. The molecule has 31 heavy (non-hydrogen) atoms. The van der Waals surface area contributed by atoms with Gasteiger partial charge in [-0.15, -0.1) is 0 Å². The van der Waals surface area contributed by atoms with E-state index in [-0.39, 0.29) is 23.0 Å². The highest BCUT2D eigenvalue weighted by molar-refractivity contribution is 6.14. The molecular weight excluding hydrogens is 404 g/mol. The molecule has 2 aromatic rings. The Kier molecular flexibility index (Phi) is 6.05. The number of carbonyl (C=O) groups excluding carboxylic acids is 3. The molecule has 1 heterocycles. The van der Waals surface area contributed by atoms with Crippen LogP contribution >= 0.6 is 0 Å². The van der Waals surface area contributed by atoms with Crippen molar-refractivity contribution in [1.82, 2.24) is 0 Å². The van der Waals surface area contributed by atoms with Crippen LogP contribution in [0, 0.1) is 0 Å². The first-order valence-corrected chi connectivity index (χ1v) is 9.45. The molecule has 3 rings (SSSR count). The van der Waals surface area contributed by atoms with Crippen molar-refractivity contribution in [3.8, 4) is 17.2 Å². The Morgan fingerprint density at radius 1 is 0.968 bits per heavy atom. The van der Waals surface area contributed by atoms with Crippen LogP contribution in [0.3, 0.4) is 0 Å². The van der Waals surface area contributed by atoms with Gasteiger partial charge in [0.1, 0.15) is 11.1 Å². The van der Waals surface area contributed by atoms with Crippen LogP contribution in [0.4, 0.5) is 11.4 Å². The smallest absolute Gasteiger partial charge is 0.342 e. The van der Waals surface area contributed by atoms with Crippen LogP contribution in [0.5, 0.6) is 17.2 Å². The number of methoxy groups -OCH3 is 3. The second-order valence-corrected chi connectivity index (χ2v) is 7.22. The first kappa shape index (κ1) is 21.9. The Morgan fingerprint density at radius 3 is 2.29 bits per heavy atom. The van der Waals surface area contributed by atoms with Gasteiger partial charge < -0.3 is 24.3 Å². The molecule has 0 unspecified atom stereocenters. The summed E-state index contributed by atoms with van der Waals surface area (Å²) >= 11 is 0. The van der Waals surface area contributed by atoms with Crippen molar-refractivity contribution >= 4 is 29.2 Å². The molecule has 0 spiro atoms. The zero-order valence-corrected chi connectivity index (χ0v) is 18.0. The fraction of sp³-hybridized carbons (Fsp3) is 0.318. The van der Waals surface area contributed by atoms with Crippen LogP contribution in [-0.2, 0) is 14.3 Å². The molecule has 0 radical (unpaired) electrons. The third-order valence-corrected chi connectivity index (χ3v) is 5.01. The number of esters is 1. The number of carbonyl (C=O) groups is 3. The Bertz CT molecular complexity index is 1030. The molecule has 0 saturated heterocycles. The summed E-state index contributed by atoms with van der Waals surface area (Å²) < 4.78 is 21.0. The summed E-state index contributed by atoms with van der Waals surface area (Å²) in [5.74, 6) is -0.924. The highest BCUT2D eigenvalue weighted by atomic mass is 16.5. The summed E-state index contributed by atoms with van der Waals surface area (Å²) in [5.41, 5.74) is -0.0623. The molecule has 0 aromatic heterocycles. The van der Waals surface area contributed by atoms with Gasteiger partial charge in [-0.3, -0.25) is 14.5 Å². The second-order valence-electron chi connectivity index (χ2n) is 7.22. The number of amides is 2. The SMILES string of the molecule is COc1ccc(C(=O)OCC(=O)N2c3ccccc3NC(=O)C2(C)C)c(OC)c1OC. The predicted molar refractivity (Wildman–Crippen MR) is 113 cm³/mol. The summed E-state index contributed by atoms with van der Waals surface area (Å²) in [6, 6.07) is 9.92. The number of nitrogens with zero attached hydrogens (tertiary/aromatic N) is 1. The number of para-hydroxylation sites is 2. The van der Waals surface area contributed by atoms with E-state index in [9.17, 15) is 14.4 Å². The summed E-state index contributed by atoms with van der Waals surface area (Å²) in [4.78, 5) is 39.6. The van der Waals surface area contributed by atoms with E-state index >= 15 is 0 Å². The number of ether oxygens (including phenoxy) is 4. The maximum absolute atomic E-state index is 13.0. The van der Waals surface area contributed by atoms with E-state index in [4.69, 9.17) is 18.9 Å². The lowest BCUT2D eigenvalue weighted by atomic mass is 9.96. The van der Waals surface area contributed by atoms with E-state index in [0.29, 0.717) is 17.1 Å². The summed E-state index contributed by atoms with van der Waals surface area (Å²) in [5, 5.41) is 2.78. The van der Waals surface area contributed by atoms with Crippen LogP contribution in [0.25, 0.3) is 0 Å². The third-order valence-electron chi connectivity index (χ3n) is 5.01. The number of hydrogen-bond donors (Lipinski definition) is 1. The van der Waals surface area contributed by atoms with Gasteiger partial charge in [0.2, 0.25) is 11.7 Å². The number of fused-ring (bicyclic) bond motifs is 1. The quantitative estimate of drug-likeness (QED) is 0.706. The minimum Gasteiger partial charge on any atom is -0.493 e. The lowest BCUT2D eigenvalue weighted by molar-refractivity contribution is -0.128. The molecule has 0 fully saturated rings. The van der Waals surface area contributed by atoms with Crippen molar-refractivity contribution in [1.29, 1.82) is 0 Å². The van der Waals surface area contributed by atoms with Crippen molar-refractivity contribution < 1.29 is 33.3 Å². The Labute approximate surface area is 179 Å². The molecule has 1 N–H and O–H groups in total. The number of nitrogens with one attached hydrogen (secondary N) is 1. The van der Waals surface area contributed by atoms with Crippen molar-refractivity contribution in [2.45, 2.75) is 19.4 Å². The van der Waals surface area contributed by atoms with Gasteiger partial charge in [-0.2, -0.15) is 0 Å². The van der Waals surface area contributed by atoms with Crippen molar-refractivity contribution in [3.63, 3.8) is 0 Å². The van der Waals surface area contributed by atoms with Gasteiger partial charge >= 0.3 is 5.97 Å². The van der Waals surface area contributed by atoms with Gasteiger partial charge in [-0.1, -0.05) is 12.1 Å². The van der Waals surface area contributed by atoms with Gasteiger partial charge in [-0.05, 0) is 38.1 Å². The second kappa shape index (κ2) is 8.55. The fourth-order valence-corrected chi connectivity index (χ4v) is 3.43. The summed E-state index contributed by atoms with van der Waals surface area (Å²) in [7, 11) is 4.26. The van der Waals surface area contributed by atoms with Gasteiger partial charge in [0.15, 0.2) is 18.1 Å². The average molecular weight is 428 g/mol. The zero-order chi connectivity index (χ0) is 22.8. The van der Waals surface area contributed by atoms with E-state index in [1.165, 1.54) is 38.4 Å². The van der Waals surface area contributed by atoms with Crippen molar-refractivity contribution in [2.24, 2.45) is 0 Å². The van der Waals surface area contributed by atoms with E-state index in [2.05, 4.69) is 5.32 Å². The molecule has 1 aliphatic rings. The minimum absolute atomic E-state index is 0.0731. The fourth-order valence-electron chi connectivity index (χ4n) is 3.43. The van der Waals surface area contributed by atoms with Crippen LogP contribution in [0.15, 0.2) is 36.4 Å². The molecular formula is C22H24N2O7. The molecule has 2 amide bonds. The van der Waals surface area contributed by atoms with Gasteiger partial charge in [0.25, 0.3) is 5.91 Å². The molecule has 0 saturated carbocycles. The van der Waals surface area contributed by atoms with Gasteiger partial charge in [0, 0.05) is 0 Å².